The molecule has 0 atom stereocenters. The van der Waals surface area contributed by atoms with Crippen LogP contribution in [0.2, 0.25) is 0 Å². The number of carbonyl (C=O) groups is 1. The highest BCUT2D eigenvalue weighted by Crippen LogP contribution is 2.36. The Bertz CT molecular complexity index is 931. The van der Waals surface area contributed by atoms with Gasteiger partial charge in [-0.3, -0.25) is 4.79 Å². The summed E-state index contributed by atoms with van der Waals surface area (Å²) in [4.78, 5) is 12.2. The number of hydrogen-bond acceptors (Lipinski definition) is 5. The molecule has 7 nitrogen and oxygen atoms in total. The quantitative estimate of drug-likeness (QED) is 0.715. The number of rotatable bonds is 6. The number of benzene rings is 2. The molecular formula is C19H20N6O. The van der Waals surface area contributed by atoms with Crippen molar-refractivity contribution in [2.75, 3.05) is 17.2 Å². The van der Waals surface area contributed by atoms with Crippen LogP contribution in [-0.4, -0.2) is 32.7 Å². The Hall–Kier alpha value is -3.22. The Labute approximate surface area is 151 Å². The van der Waals surface area contributed by atoms with Crippen molar-refractivity contribution in [3.05, 3.63) is 54.1 Å². The summed E-state index contributed by atoms with van der Waals surface area (Å²) in [5.41, 5.74) is 3.66. The van der Waals surface area contributed by atoms with E-state index in [2.05, 4.69) is 26.2 Å². The van der Waals surface area contributed by atoms with Crippen molar-refractivity contribution in [1.82, 2.24) is 20.2 Å². The average molecular weight is 348 g/mol. The Morgan fingerprint density at radius 2 is 2.04 bits per heavy atom. The molecule has 0 unspecified atom stereocenters. The van der Waals surface area contributed by atoms with Crippen LogP contribution in [-0.2, 0) is 4.79 Å². The Balaban J connectivity index is 1.42. The summed E-state index contributed by atoms with van der Waals surface area (Å²) in [5, 5.41) is 18.1. The molecule has 0 aliphatic heterocycles. The topological polar surface area (TPSA) is 84.7 Å². The van der Waals surface area contributed by atoms with Gasteiger partial charge in [0.2, 0.25) is 5.91 Å². The van der Waals surface area contributed by atoms with Crippen LogP contribution in [0.25, 0.3) is 11.4 Å². The molecular weight excluding hydrogens is 328 g/mol. The van der Waals surface area contributed by atoms with Crippen LogP contribution in [0.15, 0.2) is 48.5 Å². The number of hydrogen-bond donors (Lipinski definition) is 2. The zero-order valence-electron chi connectivity index (χ0n) is 14.5. The molecule has 7 heteroatoms. The summed E-state index contributed by atoms with van der Waals surface area (Å²) in [7, 11) is 0. The lowest BCUT2D eigenvalue weighted by atomic mass is 10.2. The molecule has 2 aromatic carbocycles. The van der Waals surface area contributed by atoms with Gasteiger partial charge in [-0.15, -0.1) is 5.10 Å². The van der Waals surface area contributed by atoms with Crippen LogP contribution >= 0.6 is 0 Å². The third-order valence-corrected chi connectivity index (χ3v) is 4.38. The molecule has 1 aliphatic carbocycles. The molecule has 0 bridgehead atoms. The van der Waals surface area contributed by atoms with Gasteiger partial charge in [0.15, 0.2) is 5.82 Å². The van der Waals surface area contributed by atoms with Crippen molar-refractivity contribution < 1.29 is 4.79 Å². The van der Waals surface area contributed by atoms with E-state index in [0.717, 1.165) is 41.2 Å². The zero-order valence-corrected chi connectivity index (χ0v) is 14.5. The van der Waals surface area contributed by atoms with Crippen molar-refractivity contribution in [3.8, 4) is 11.4 Å². The molecule has 26 heavy (non-hydrogen) atoms. The molecule has 1 aromatic heterocycles. The summed E-state index contributed by atoms with van der Waals surface area (Å²) >= 11 is 0. The van der Waals surface area contributed by atoms with Crippen LogP contribution in [0.3, 0.4) is 0 Å². The molecule has 0 radical (unpaired) electrons. The molecule has 0 saturated heterocycles. The third-order valence-electron chi connectivity index (χ3n) is 4.38. The molecule has 3 aromatic rings. The van der Waals surface area contributed by atoms with E-state index in [1.807, 2.05) is 60.1 Å². The van der Waals surface area contributed by atoms with Crippen LogP contribution < -0.4 is 10.6 Å². The SMILES string of the molecule is Cc1ccccc1NC(=O)CNc1cccc(-c2nnnn2C2CC2)c1. The summed E-state index contributed by atoms with van der Waals surface area (Å²) in [6, 6.07) is 15.9. The number of aryl methyl sites for hydroxylation is 1. The fourth-order valence-corrected chi connectivity index (χ4v) is 2.81. The Kier molecular flexibility index (Phi) is 4.35. The molecule has 1 aliphatic rings. The highest BCUT2D eigenvalue weighted by atomic mass is 16.1. The van der Waals surface area contributed by atoms with Crippen LogP contribution in [0.4, 0.5) is 11.4 Å². The van der Waals surface area contributed by atoms with Crippen molar-refractivity contribution in [2.45, 2.75) is 25.8 Å². The first-order valence-corrected chi connectivity index (χ1v) is 8.68. The highest BCUT2D eigenvalue weighted by molar-refractivity contribution is 5.94. The predicted octanol–water partition coefficient (Wildman–Crippen LogP) is 3.03. The molecule has 1 amide bonds. The van der Waals surface area contributed by atoms with Gasteiger partial charge in [-0.1, -0.05) is 30.3 Å². The van der Waals surface area contributed by atoms with Crippen LogP contribution in [0.5, 0.6) is 0 Å². The molecule has 2 N–H and O–H groups in total. The molecule has 1 saturated carbocycles. The lowest BCUT2D eigenvalue weighted by Gasteiger charge is -2.10. The van der Waals surface area contributed by atoms with Crippen molar-refractivity contribution in [2.24, 2.45) is 0 Å². The fraction of sp³-hybridized carbons (Fsp3) is 0.263. The van der Waals surface area contributed by atoms with E-state index in [-0.39, 0.29) is 12.5 Å². The first-order chi connectivity index (χ1) is 12.7. The maximum atomic E-state index is 12.2. The van der Waals surface area contributed by atoms with Gasteiger partial charge in [0.25, 0.3) is 0 Å². The largest absolute Gasteiger partial charge is 0.376 e. The smallest absolute Gasteiger partial charge is 0.243 e. The van der Waals surface area contributed by atoms with Gasteiger partial charge in [-0.2, -0.15) is 0 Å². The lowest BCUT2D eigenvalue weighted by Crippen LogP contribution is -2.22. The number of carbonyl (C=O) groups excluding carboxylic acids is 1. The molecule has 1 heterocycles. The second kappa shape index (κ2) is 6.95. The van der Waals surface area contributed by atoms with E-state index < -0.39 is 0 Å². The van der Waals surface area contributed by atoms with Gasteiger partial charge in [-0.25, -0.2) is 4.68 Å². The van der Waals surface area contributed by atoms with Crippen molar-refractivity contribution in [3.63, 3.8) is 0 Å². The first kappa shape index (κ1) is 16.3. The summed E-state index contributed by atoms with van der Waals surface area (Å²) in [5.74, 6) is 0.674. The molecule has 4 rings (SSSR count). The highest BCUT2D eigenvalue weighted by Gasteiger charge is 2.28. The van der Waals surface area contributed by atoms with E-state index in [1.165, 1.54) is 0 Å². The number of para-hydroxylation sites is 1. The first-order valence-electron chi connectivity index (χ1n) is 8.68. The van der Waals surface area contributed by atoms with Crippen LogP contribution in [0, 0.1) is 6.92 Å². The van der Waals surface area contributed by atoms with E-state index >= 15 is 0 Å². The minimum absolute atomic E-state index is 0.0903. The van der Waals surface area contributed by atoms with Gasteiger partial charge in [-0.05, 0) is 54.0 Å². The predicted molar refractivity (Wildman–Crippen MR) is 99.8 cm³/mol. The summed E-state index contributed by atoms with van der Waals surface area (Å²) in [6.07, 6.45) is 2.24. The molecule has 132 valence electrons. The Morgan fingerprint density at radius 3 is 2.85 bits per heavy atom. The second-order valence-electron chi connectivity index (χ2n) is 6.48. The van der Waals surface area contributed by atoms with E-state index in [9.17, 15) is 4.79 Å². The Morgan fingerprint density at radius 1 is 1.19 bits per heavy atom. The van der Waals surface area contributed by atoms with Crippen LogP contribution in [0.1, 0.15) is 24.4 Å². The number of aromatic nitrogens is 4. The zero-order chi connectivity index (χ0) is 17.9. The lowest BCUT2D eigenvalue weighted by molar-refractivity contribution is -0.114. The minimum Gasteiger partial charge on any atom is -0.376 e. The minimum atomic E-state index is -0.0903. The number of nitrogens with zero attached hydrogens (tertiary/aromatic N) is 4. The normalized spacial score (nSPS) is 13.4. The van der Waals surface area contributed by atoms with E-state index in [0.29, 0.717) is 6.04 Å². The third kappa shape index (κ3) is 3.56. The number of anilines is 2. The van der Waals surface area contributed by atoms with Gasteiger partial charge < -0.3 is 10.6 Å². The van der Waals surface area contributed by atoms with E-state index in [4.69, 9.17) is 0 Å². The van der Waals surface area contributed by atoms with Crippen molar-refractivity contribution >= 4 is 17.3 Å². The molecule has 1 fully saturated rings. The fourth-order valence-electron chi connectivity index (χ4n) is 2.81. The number of tetrazole rings is 1. The van der Waals surface area contributed by atoms with Gasteiger partial charge >= 0.3 is 0 Å². The van der Waals surface area contributed by atoms with Gasteiger partial charge in [0.1, 0.15) is 0 Å². The van der Waals surface area contributed by atoms with Gasteiger partial charge in [0, 0.05) is 16.9 Å². The summed E-state index contributed by atoms with van der Waals surface area (Å²) in [6.45, 7) is 2.15. The second-order valence-corrected chi connectivity index (χ2v) is 6.48. The monoisotopic (exact) mass is 348 g/mol. The number of amides is 1. The van der Waals surface area contributed by atoms with Gasteiger partial charge in [0.05, 0.1) is 12.6 Å². The maximum Gasteiger partial charge on any atom is 0.243 e. The summed E-state index contributed by atoms with van der Waals surface area (Å²) < 4.78 is 1.88. The maximum absolute atomic E-state index is 12.2. The van der Waals surface area contributed by atoms with E-state index in [1.54, 1.807) is 0 Å². The van der Waals surface area contributed by atoms with Crippen molar-refractivity contribution in [1.29, 1.82) is 0 Å². The number of nitrogens with one attached hydrogen (secondary N) is 2. The standard InChI is InChI=1S/C19H20N6O/c1-13-5-2-3-8-17(13)21-18(26)12-20-15-7-4-6-14(11-15)19-22-23-24-25(19)16-9-10-16/h2-8,11,16,20H,9-10,12H2,1H3,(H,21,26). The molecule has 0 spiro atoms. The average Bonchev–Trinajstić information content (AvgIpc) is 3.38.